The van der Waals surface area contributed by atoms with Crippen LogP contribution in [0, 0.1) is 0 Å². The van der Waals surface area contributed by atoms with Crippen LogP contribution in [0.5, 0.6) is 28.7 Å². The molecular weight excluding hydrogens is 346 g/mol. The quantitative estimate of drug-likeness (QED) is 0.747. The van der Waals surface area contributed by atoms with E-state index in [0.29, 0.717) is 41.7 Å². The zero-order valence-corrected chi connectivity index (χ0v) is 16.4. The number of hydrogen-bond acceptors (Lipinski definition) is 6. The van der Waals surface area contributed by atoms with E-state index in [1.54, 1.807) is 35.5 Å². The molecule has 0 saturated carbocycles. The summed E-state index contributed by atoms with van der Waals surface area (Å²) in [6, 6.07) is 7.90. The van der Waals surface area contributed by atoms with Crippen LogP contribution < -0.4 is 23.7 Å². The summed E-state index contributed by atoms with van der Waals surface area (Å²) in [6.45, 7) is 0.710. The maximum Gasteiger partial charge on any atom is 0.203 e. The lowest BCUT2D eigenvalue weighted by molar-refractivity contribution is 0.322. The number of ether oxygens (including phenoxy) is 5. The first-order valence-electron chi connectivity index (χ1n) is 8.73. The van der Waals surface area contributed by atoms with Crippen LogP contribution in [0.1, 0.15) is 16.7 Å². The van der Waals surface area contributed by atoms with Crippen LogP contribution in [0.4, 0.5) is 0 Å². The van der Waals surface area contributed by atoms with E-state index in [1.807, 2.05) is 24.3 Å². The first kappa shape index (κ1) is 18.9. The van der Waals surface area contributed by atoms with Gasteiger partial charge in [0.25, 0.3) is 0 Å². The van der Waals surface area contributed by atoms with Crippen LogP contribution in [-0.2, 0) is 12.8 Å². The summed E-state index contributed by atoms with van der Waals surface area (Å²) in [6.07, 6.45) is 1.47. The Morgan fingerprint density at radius 2 is 1.48 bits per heavy atom. The number of rotatable bonds is 7. The third-order valence-electron chi connectivity index (χ3n) is 4.73. The zero-order valence-electron chi connectivity index (χ0n) is 16.4. The van der Waals surface area contributed by atoms with Gasteiger partial charge in [-0.25, -0.2) is 0 Å². The van der Waals surface area contributed by atoms with E-state index in [2.05, 4.69) is 0 Å². The number of methoxy groups -OCH3 is 5. The maximum absolute atomic E-state index is 5.65. The van der Waals surface area contributed by atoms with Crippen molar-refractivity contribution in [1.29, 1.82) is 0 Å². The summed E-state index contributed by atoms with van der Waals surface area (Å²) in [4.78, 5) is 4.76. The summed E-state index contributed by atoms with van der Waals surface area (Å²) in [5, 5.41) is 0. The molecule has 6 heteroatoms. The summed E-state index contributed by atoms with van der Waals surface area (Å²) in [7, 11) is 8.16. The van der Waals surface area contributed by atoms with Crippen molar-refractivity contribution in [3.63, 3.8) is 0 Å². The Morgan fingerprint density at radius 1 is 0.778 bits per heavy atom. The van der Waals surface area contributed by atoms with Gasteiger partial charge in [-0.15, -0.1) is 0 Å². The van der Waals surface area contributed by atoms with E-state index in [0.717, 1.165) is 28.8 Å². The van der Waals surface area contributed by atoms with Crippen molar-refractivity contribution in [2.45, 2.75) is 12.8 Å². The molecule has 0 N–H and O–H groups in total. The molecule has 27 heavy (non-hydrogen) atoms. The number of nitrogens with zero attached hydrogens (tertiary/aromatic N) is 1. The molecule has 1 aliphatic heterocycles. The topological polar surface area (TPSA) is 58.5 Å². The highest BCUT2D eigenvalue weighted by atomic mass is 16.5. The fraction of sp³-hybridized carbons (Fsp3) is 0.381. The Bertz CT molecular complexity index is 860. The minimum Gasteiger partial charge on any atom is -0.493 e. The summed E-state index contributed by atoms with van der Waals surface area (Å²) < 4.78 is 27.4. The average molecular weight is 371 g/mol. The predicted octanol–water partition coefficient (Wildman–Crippen LogP) is 3.32. The second kappa shape index (κ2) is 8.20. The fourth-order valence-corrected chi connectivity index (χ4v) is 3.44. The molecule has 0 amide bonds. The molecule has 1 aliphatic rings. The lowest BCUT2D eigenvalue weighted by Gasteiger charge is -2.23. The standard InChI is InChI=1S/C21H25NO5/c1-23-17-7-6-13(11-18(17)24-2)10-16-15-12-19(25-3)21(27-5)20(26-4)14(15)8-9-22-16/h6-7,11-12H,8-10H2,1-5H3. The van der Waals surface area contributed by atoms with E-state index >= 15 is 0 Å². The molecule has 0 radical (unpaired) electrons. The molecule has 2 aromatic carbocycles. The van der Waals surface area contributed by atoms with E-state index in [4.69, 9.17) is 28.7 Å². The first-order valence-corrected chi connectivity index (χ1v) is 8.73. The van der Waals surface area contributed by atoms with Gasteiger partial charge >= 0.3 is 0 Å². The van der Waals surface area contributed by atoms with Gasteiger partial charge in [0.1, 0.15) is 0 Å². The zero-order chi connectivity index (χ0) is 19.4. The molecule has 3 rings (SSSR count). The summed E-state index contributed by atoms with van der Waals surface area (Å²) in [5.41, 5.74) is 4.21. The molecule has 0 bridgehead atoms. The third-order valence-corrected chi connectivity index (χ3v) is 4.73. The van der Waals surface area contributed by atoms with Crippen LogP contribution in [0.2, 0.25) is 0 Å². The average Bonchev–Trinajstić information content (AvgIpc) is 2.72. The molecule has 1 heterocycles. The van der Waals surface area contributed by atoms with E-state index in [1.165, 1.54) is 0 Å². The van der Waals surface area contributed by atoms with Crippen molar-refractivity contribution < 1.29 is 23.7 Å². The third kappa shape index (κ3) is 3.52. The second-order valence-corrected chi connectivity index (χ2v) is 6.12. The van der Waals surface area contributed by atoms with E-state index in [9.17, 15) is 0 Å². The Balaban J connectivity index is 2.02. The molecule has 0 spiro atoms. The Morgan fingerprint density at radius 3 is 2.11 bits per heavy atom. The molecule has 6 nitrogen and oxygen atoms in total. The molecule has 0 unspecified atom stereocenters. The van der Waals surface area contributed by atoms with Gasteiger partial charge in [0.15, 0.2) is 23.0 Å². The van der Waals surface area contributed by atoms with Crippen molar-refractivity contribution in [2.24, 2.45) is 4.99 Å². The summed E-state index contributed by atoms with van der Waals surface area (Å²) >= 11 is 0. The Labute approximate surface area is 159 Å². The van der Waals surface area contributed by atoms with Crippen LogP contribution in [0.3, 0.4) is 0 Å². The van der Waals surface area contributed by atoms with Crippen molar-refractivity contribution in [1.82, 2.24) is 0 Å². The highest BCUT2D eigenvalue weighted by molar-refractivity contribution is 6.05. The van der Waals surface area contributed by atoms with Crippen molar-refractivity contribution in [3.05, 3.63) is 41.0 Å². The van der Waals surface area contributed by atoms with Gasteiger partial charge in [-0.05, 0) is 30.2 Å². The van der Waals surface area contributed by atoms with Crippen molar-refractivity contribution in [2.75, 3.05) is 42.1 Å². The van der Waals surface area contributed by atoms with E-state index in [-0.39, 0.29) is 0 Å². The summed E-state index contributed by atoms with van der Waals surface area (Å²) in [5.74, 6) is 3.38. The van der Waals surface area contributed by atoms with Crippen LogP contribution >= 0.6 is 0 Å². The van der Waals surface area contributed by atoms with Gasteiger partial charge in [-0.1, -0.05) is 6.07 Å². The van der Waals surface area contributed by atoms with Gasteiger partial charge in [-0.3, -0.25) is 4.99 Å². The molecule has 0 aliphatic carbocycles. The van der Waals surface area contributed by atoms with Crippen LogP contribution in [0.15, 0.2) is 29.3 Å². The maximum atomic E-state index is 5.65. The normalized spacial score (nSPS) is 12.7. The Kier molecular flexibility index (Phi) is 5.74. The van der Waals surface area contributed by atoms with Gasteiger partial charge in [0, 0.05) is 29.8 Å². The Hall–Kier alpha value is -2.89. The second-order valence-electron chi connectivity index (χ2n) is 6.12. The fourth-order valence-electron chi connectivity index (χ4n) is 3.44. The van der Waals surface area contributed by atoms with Gasteiger partial charge < -0.3 is 23.7 Å². The predicted molar refractivity (Wildman–Crippen MR) is 104 cm³/mol. The number of fused-ring (bicyclic) bond motifs is 1. The van der Waals surface area contributed by atoms with Crippen molar-refractivity contribution >= 4 is 5.71 Å². The highest BCUT2D eigenvalue weighted by Gasteiger charge is 2.25. The lowest BCUT2D eigenvalue weighted by atomic mass is 9.92. The van der Waals surface area contributed by atoms with Crippen LogP contribution in [-0.4, -0.2) is 47.8 Å². The molecule has 0 atom stereocenters. The lowest BCUT2D eigenvalue weighted by Crippen LogP contribution is -2.17. The molecule has 2 aromatic rings. The van der Waals surface area contributed by atoms with Crippen LogP contribution in [0.25, 0.3) is 0 Å². The van der Waals surface area contributed by atoms with Crippen molar-refractivity contribution in [3.8, 4) is 28.7 Å². The molecule has 144 valence electrons. The number of benzene rings is 2. The SMILES string of the molecule is COc1ccc(CC2=NCCc3c2cc(OC)c(OC)c3OC)cc1OC. The highest BCUT2D eigenvalue weighted by Crippen LogP contribution is 2.43. The minimum absolute atomic E-state index is 0.617. The number of hydrogen-bond donors (Lipinski definition) is 0. The monoisotopic (exact) mass is 371 g/mol. The molecule has 0 fully saturated rings. The largest absolute Gasteiger partial charge is 0.493 e. The smallest absolute Gasteiger partial charge is 0.203 e. The van der Waals surface area contributed by atoms with Gasteiger partial charge in [0.05, 0.1) is 35.5 Å². The number of aliphatic imine (C=N–C) groups is 1. The first-order chi connectivity index (χ1) is 13.2. The molecule has 0 aromatic heterocycles. The van der Waals surface area contributed by atoms with Gasteiger partial charge in [-0.2, -0.15) is 0 Å². The molecule has 0 saturated heterocycles. The van der Waals surface area contributed by atoms with E-state index < -0.39 is 0 Å². The van der Waals surface area contributed by atoms with Gasteiger partial charge in [0.2, 0.25) is 5.75 Å². The molecular formula is C21H25NO5. The minimum atomic E-state index is 0.617.